The largest absolute Gasteiger partial charge is 0.370 e. The summed E-state index contributed by atoms with van der Waals surface area (Å²) < 4.78 is 0. The number of aromatic nitrogens is 3. The van der Waals surface area contributed by atoms with Crippen molar-refractivity contribution in [1.29, 1.82) is 0 Å². The summed E-state index contributed by atoms with van der Waals surface area (Å²) in [7, 11) is 0. The smallest absolute Gasteiger partial charge is 0.219 e. The fourth-order valence-corrected chi connectivity index (χ4v) is 4.45. The Morgan fingerprint density at radius 2 is 1.58 bits per heavy atom. The Hall–Kier alpha value is -2.12. The number of hydrogen-bond donors (Lipinski definition) is 1. The van der Waals surface area contributed by atoms with E-state index < -0.39 is 0 Å². The van der Waals surface area contributed by atoms with Gasteiger partial charge >= 0.3 is 0 Å². The van der Waals surface area contributed by atoms with Crippen LogP contribution >= 0.6 is 23.1 Å². The molecule has 0 amide bonds. The predicted molar refractivity (Wildman–Crippen MR) is 103 cm³/mol. The van der Waals surface area contributed by atoms with Crippen molar-refractivity contribution < 1.29 is 0 Å². The Balaban J connectivity index is 1.54. The molecule has 0 radical (unpaired) electrons. The van der Waals surface area contributed by atoms with Crippen LogP contribution in [0.2, 0.25) is 0 Å². The van der Waals surface area contributed by atoms with Crippen molar-refractivity contribution in [3.63, 3.8) is 0 Å². The molecule has 1 aliphatic heterocycles. The second kappa shape index (κ2) is 6.78. The summed E-state index contributed by atoms with van der Waals surface area (Å²) in [5, 5.41) is 0.905. The van der Waals surface area contributed by atoms with Gasteiger partial charge in [-0.05, 0) is 17.7 Å². The van der Waals surface area contributed by atoms with Crippen LogP contribution in [0.5, 0.6) is 0 Å². The molecular formula is C17H17N5S2. The highest BCUT2D eigenvalue weighted by Gasteiger charge is 2.12. The highest BCUT2D eigenvalue weighted by atomic mass is 32.2. The lowest BCUT2D eigenvalue weighted by atomic mass is 10.2. The van der Waals surface area contributed by atoms with Gasteiger partial charge in [0, 0.05) is 54.4 Å². The molecule has 2 aromatic heterocycles. The van der Waals surface area contributed by atoms with Gasteiger partial charge in [0.1, 0.15) is 5.01 Å². The van der Waals surface area contributed by atoms with Crippen molar-refractivity contribution in [2.75, 3.05) is 35.2 Å². The normalized spacial score (nSPS) is 14.8. The van der Waals surface area contributed by atoms with E-state index >= 15 is 0 Å². The van der Waals surface area contributed by atoms with Crippen LogP contribution in [0, 0.1) is 0 Å². The molecule has 122 valence electrons. The Labute approximate surface area is 149 Å². The number of nitrogens with zero attached hydrogens (tertiary/aromatic N) is 4. The summed E-state index contributed by atoms with van der Waals surface area (Å²) in [6.45, 7) is 2.26. The van der Waals surface area contributed by atoms with E-state index in [2.05, 4.69) is 44.1 Å². The van der Waals surface area contributed by atoms with E-state index in [-0.39, 0.29) is 5.95 Å². The molecule has 1 aliphatic rings. The second-order valence-electron chi connectivity index (χ2n) is 5.51. The number of hydrogen-bond acceptors (Lipinski definition) is 7. The maximum atomic E-state index is 5.53. The molecule has 3 heterocycles. The van der Waals surface area contributed by atoms with Crippen LogP contribution in [-0.4, -0.2) is 39.5 Å². The highest BCUT2D eigenvalue weighted by molar-refractivity contribution is 7.99. The first-order valence-corrected chi connectivity index (χ1v) is 9.73. The summed E-state index contributed by atoms with van der Waals surface area (Å²) in [4.78, 5) is 16.1. The molecule has 1 saturated heterocycles. The minimum absolute atomic E-state index is 0.280. The zero-order chi connectivity index (χ0) is 16.4. The maximum absolute atomic E-state index is 5.53. The van der Waals surface area contributed by atoms with Gasteiger partial charge in [0.15, 0.2) is 0 Å². The van der Waals surface area contributed by atoms with Crippen molar-refractivity contribution in [2.24, 2.45) is 0 Å². The molecule has 0 spiro atoms. The molecule has 5 nitrogen and oxygen atoms in total. The van der Waals surface area contributed by atoms with Crippen molar-refractivity contribution in [3.8, 4) is 21.0 Å². The molecule has 0 saturated carbocycles. The first-order chi connectivity index (χ1) is 11.8. The first-order valence-electron chi connectivity index (χ1n) is 7.76. The van der Waals surface area contributed by atoms with Gasteiger partial charge in [-0.15, -0.1) is 11.3 Å². The minimum atomic E-state index is 0.280. The molecule has 4 rings (SSSR count). The number of nitrogen functional groups attached to an aromatic ring is 1. The SMILES string of the molecule is Nc1ncc(-c2ncc(-c3ccc(N4CCSCC4)cc3)s2)cn1. The van der Waals surface area contributed by atoms with E-state index in [1.54, 1.807) is 23.7 Å². The fraction of sp³-hybridized carbons (Fsp3) is 0.235. The van der Waals surface area contributed by atoms with E-state index in [9.17, 15) is 0 Å². The van der Waals surface area contributed by atoms with Crippen LogP contribution in [-0.2, 0) is 0 Å². The van der Waals surface area contributed by atoms with Gasteiger partial charge in [0.05, 0.1) is 4.88 Å². The topological polar surface area (TPSA) is 67.9 Å². The minimum Gasteiger partial charge on any atom is -0.370 e. The van der Waals surface area contributed by atoms with Gasteiger partial charge in [-0.3, -0.25) is 0 Å². The molecule has 7 heteroatoms. The van der Waals surface area contributed by atoms with E-state index in [4.69, 9.17) is 5.73 Å². The third-order valence-electron chi connectivity index (χ3n) is 3.95. The van der Waals surface area contributed by atoms with Crippen molar-refractivity contribution in [2.45, 2.75) is 0 Å². The van der Waals surface area contributed by atoms with E-state index in [1.807, 2.05) is 18.0 Å². The Morgan fingerprint density at radius 3 is 2.29 bits per heavy atom. The Morgan fingerprint density at radius 1 is 0.875 bits per heavy atom. The summed E-state index contributed by atoms with van der Waals surface area (Å²) in [5.74, 6) is 2.70. The van der Waals surface area contributed by atoms with Crippen LogP contribution in [0.1, 0.15) is 0 Å². The van der Waals surface area contributed by atoms with E-state index in [0.29, 0.717) is 0 Å². The standard InChI is InChI=1S/C17H17N5S2/c18-17-20-9-13(10-21-17)16-19-11-15(24-16)12-1-3-14(4-2-12)22-5-7-23-8-6-22/h1-4,9-11H,5-8H2,(H2,18,20,21). The van der Waals surface area contributed by atoms with Crippen LogP contribution in [0.4, 0.5) is 11.6 Å². The summed E-state index contributed by atoms with van der Waals surface area (Å²) in [6, 6.07) is 8.76. The van der Waals surface area contributed by atoms with Crippen molar-refractivity contribution >= 4 is 34.7 Å². The number of nitrogens with two attached hydrogens (primary N) is 1. The van der Waals surface area contributed by atoms with Gasteiger partial charge in [-0.2, -0.15) is 11.8 Å². The lowest BCUT2D eigenvalue weighted by molar-refractivity contribution is 0.859. The second-order valence-corrected chi connectivity index (χ2v) is 7.76. The molecule has 0 atom stereocenters. The van der Waals surface area contributed by atoms with Gasteiger partial charge in [-0.25, -0.2) is 15.0 Å². The monoisotopic (exact) mass is 355 g/mol. The summed E-state index contributed by atoms with van der Waals surface area (Å²) in [5.41, 5.74) is 8.91. The van der Waals surface area contributed by atoms with Gasteiger partial charge in [0.2, 0.25) is 5.95 Å². The average molecular weight is 355 g/mol. The summed E-state index contributed by atoms with van der Waals surface area (Å²) in [6.07, 6.45) is 5.33. The average Bonchev–Trinajstić information content (AvgIpc) is 3.13. The molecule has 3 aromatic rings. The zero-order valence-corrected chi connectivity index (χ0v) is 14.7. The number of thioether (sulfide) groups is 1. The lowest BCUT2D eigenvalue weighted by Crippen LogP contribution is -2.32. The molecule has 1 fully saturated rings. The molecule has 0 unspecified atom stereocenters. The molecule has 0 aliphatic carbocycles. The third-order valence-corrected chi connectivity index (χ3v) is 5.99. The van der Waals surface area contributed by atoms with Crippen LogP contribution in [0.15, 0.2) is 42.9 Å². The Bertz CT molecular complexity index is 808. The number of rotatable bonds is 3. The number of anilines is 2. The maximum Gasteiger partial charge on any atom is 0.219 e. The lowest BCUT2D eigenvalue weighted by Gasteiger charge is -2.28. The molecular weight excluding hydrogens is 338 g/mol. The number of benzene rings is 1. The number of thiazole rings is 1. The van der Waals surface area contributed by atoms with Crippen LogP contribution in [0.3, 0.4) is 0 Å². The predicted octanol–water partition coefficient (Wildman–Crippen LogP) is 3.40. The van der Waals surface area contributed by atoms with Crippen LogP contribution < -0.4 is 10.6 Å². The highest BCUT2D eigenvalue weighted by Crippen LogP contribution is 2.32. The van der Waals surface area contributed by atoms with Crippen LogP contribution in [0.25, 0.3) is 21.0 Å². The third kappa shape index (κ3) is 3.22. The molecule has 24 heavy (non-hydrogen) atoms. The molecule has 1 aromatic carbocycles. The zero-order valence-electron chi connectivity index (χ0n) is 13.1. The van der Waals surface area contributed by atoms with Gasteiger partial charge in [0.25, 0.3) is 0 Å². The van der Waals surface area contributed by atoms with E-state index in [1.165, 1.54) is 22.8 Å². The quantitative estimate of drug-likeness (QED) is 0.777. The molecule has 0 bridgehead atoms. The Kier molecular flexibility index (Phi) is 4.36. The fourth-order valence-electron chi connectivity index (χ4n) is 2.65. The van der Waals surface area contributed by atoms with E-state index in [0.717, 1.165) is 28.5 Å². The summed E-state index contributed by atoms with van der Waals surface area (Å²) >= 11 is 3.67. The first kappa shape index (κ1) is 15.4. The molecule has 2 N–H and O–H groups in total. The van der Waals surface area contributed by atoms with Crippen molar-refractivity contribution in [1.82, 2.24) is 15.0 Å². The van der Waals surface area contributed by atoms with Gasteiger partial charge in [-0.1, -0.05) is 12.1 Å². The van der Waals surface area contributed by atoms with Crippen molar-refractivity contribution in [3.05, 3.63) is 42.9 Å². The van der Waals surface area contributed by atoms with Gasteiger partial charge < -0.3 is 10.6 Å².